The van der Waals surface area contributed by atoms with E-state index in [-0.39, 0.29) is 11.9 Å². The third-order valence-corrected chi connectivity index (χ3v) is 6.54. The second-order valence-corrected chi connectivity index (χ2v) is 8.80. The lowest BCUT2D eigenvalue weighted by atomic mass is 10.0. The molecule has 0 saturated heterocycles. The number of nitrogens with one attached hydrogen (secondary N) is 1. The van der Waals surface area contributed by atoms with Gasteiger partial charge in [0.05, 0.1) is 12.2 Å². The molecule has 0 saturated carbocycles. The summed E-state index contributed by atoms with van der Waals surface area (Å²) in [6, 6.07) is 17.8. The Bertz CT molecular complexity index is 1070. The summed E-state index contributed by atoms with van der Waals surface area (Å²) in [7, 11) is 0. The number of aryl methyl sites for hydroxylation is 1. The average molecular weight is 435 g/mol. The smallest absolute Gasteiger partial charge is 0.341 e. The minimum atomic E-state index is -0.365. The Morgan fingerprint density at radius 2 is 1.84 bits per heavy atom. The second kappa shape index (κ2) is 9.45. The van der Waals surface area contributed by atoms with Gasteiger partial charge in [-0.2, -0.15) is 0 Å². The predicted octanol–water partition coefficient (Wildman–Crippen LogP) is 5.04. The van der Waals surface area contributed by atoms with E-state index < -0.39 is 0 Å². The average Bonchev–Trinajstić information content (AvgIpc) is 3.12. The van der Waals surface area contributed by atoms with Crippen molar-refractivity contribution in [2.75, 3.05) is 18.5 Å². The van der Waals surface area contributed by atoms with Gasteiger partial charge in [-0.15, -0.1) is 11.3 Å². The van der Waals surface area contributed by atoms with Gasteiger partial charge >= 0.3 is 5.97 Å². The van der Waals surface area contributed by atoms with Crippen molar-refractivity contribution in [2.24, 2.45) is 0 Å². The van der Waals surface area contributed by atoms with E-state index in [2.05, 4.69) is 22.3 Å². The van der Waals surface area contributed by atoms with E-state index in [0.717, 1.165) is 42.1 Å². The molecule has 1 amide bonds. The number of hydrogen-bond acceptors (Lipinski definition) is 5. The highest BCUT2D eigenvalue weighted by molar-refractivity contribution is 7.17. The van der Waals surface area contributed by atoms with Crippen LogP contribution in [0.4, 0.5) is 5.00 Å². The van der Waals surface area contributed by atoms with Crippen molar-refractivity contribution in [3.8, 4) is 0 Å². The van der Waals surface area contributed by atoms with Crippen molar-refractivity contribution in [1.29, 1.82) is 0 Å². The monoisotopic (exact) mass is 434 g/mol. The Kier molecular flexibility index (Phi) is 6.49. The van der Waals surface area contributed by atoms with Crippen molar-refractivity contribution in [1.82, 2.24) is 4.90 Å². The van der Waals surface area contributed by atoms with Crippen LogP contribution in [0.25, 0.3) is 0 Å². The number of carbonyl (C=O) groups excluding carboxylic acids is 2. The maximum absolute atomic E-state index is 12.8. The van der Waals surface area contributed by atoms with Crippen LogP contribution in [0.2, 0.25) is 0 Å². The first-order chi connectivity index (χ1) is 15.0. The molecule has 2 aromatic carbocycles. The number of nitrogens with zero attached hydrogens (tertiary/aromatic N) is 1. The van der Waals surface area contributed by atoms with Gasteiger partial charge in [-0.25, -0.2) is 4.79 Å². The summed E-state index contributed by atoms with van der Waals surface area (Å²) in [5, 5.41) is 3.55. The molecule has 0 fully saturated rings. The maximum Gasteiger partial charge on any atom is 0.341 e. The van der Waals surface area contributed by atoms with Gasteiger partial charge in [-0.1, -0.05) is 48.0 Å². The maximum atomic E-state index is 12.8. The molecule has 1 aromatic heterocycles. The Balaban J connectivity index is 1.59. The fourth-order valence-corrected chi connectivity index (χ4v) is 5.09. The molecule has 1 aliphatic rings. The Hall–Kier alpha value is -2.96. The van der Waals surface area contributed by atoms with E-state index in [4.69, 9.17) is 4.74 Å². The number of esters is 1. The van der Waals surface area contributed by atoms with Gasteiger partial charge in [0.25, 0.3) is 5.91 Å². The molecule has 0 aliphatic carbocycles. The number of benzene rings is 2. The molecule has 1 aliphatic heterocycles. The highest BCUT2D eigenvalue weighted by Gasteiger charge is 2.29. The van der Waals surface area contributed by atoms with Crippen LogP contribution in [0.5, 0.6) is 0 Å². The largest absolute Gasteiger partial charge is 0.462 e. The lowest BCUT2D eigenvalue weighted by molar-refractivity contribution is 0.0526. The molecule has 31 heavy (non-hydrogen) atoms. The fourth-order valence-electron chi connectivity index (χ4n) is 3.82. The SMILES string of the molecule is CCOC(=O)c1c(NC(=O)c2ccc(C)cc2)sc2c1CCN(Cc1ccccc1)C2. The van der Waals surface area contributed by atoms with Crippen molar-refractivity contribution in [3.05, 3.63) is 87.3 Å². The molecule has 2 heterocycles. The van der Waals surface area contributed by atoms with Crippen LogP contribution in [0.3, 0.4) is 0 Å². The first-order valence-corrected chi connectivity index (χ1v) is 11.3. The van der Waals surface area contributed by atoms with Gasteiger partial charge in [0.1, 0.15) is 5.00 Å². The lowest BCUT2D eigenvalue weighted by Crippen LogP contribution is -2.29. The van der Waals surface area contributed by atoms with E-state index in [1.54, 1.807) is 19.1 Å². The van der Waals surface area contributed by atoms with Gasteiger partial charge in [-0.3, -0.25) is 9.69 Å². The Morgan fingerprint density at radius 3 is 2.55 bits per heavy atom. The first kappa shape index (κ1) is 21.3. The van der Waals surface area contributed by atoms with Gasteiger partial charge < -0.3 is 10.1 Å². The lowest BCUT2D eigenvalue weighted by Gasteiger charge is -2.27. The molecule has 3 aromatic rings. The zero-order chi connectivity index (χ0) is 21.8. The van der Waals surface area contributed by atoms with Crippen molar-refractivity contribution in [2.45, 2.75) is 33.4 Å². The normalized spacial score (nSPS) is 13.5. The van der Waals surface area contributed by atoms with Crippen LogP contribution < -0.4 is 5.32 Å². The summed E-state index contributed by atoms with van der Waals surface area (Å²) in [5.74, 6) is -0.582. The van der Waals surface area contributed by atoms with Crippen LogP contribution in [0.15, 0.2) is 54.6 Å². The molecule has 0 spiro atoms. The number of ether oxygens (including phenoxy) is 1. The summed E-state index contributed by atoms with van der Waals surface area (Å²) >= 11 is 1.48. The summed E-state index contributed by atoms with van der Waals surface area (Å²) in [6.07, 6.45) is 0.757. The third-order valence-electron chi connectivity index (χ3n) is 5.41. The summed E-state index contributed by atoms with van der Waals surface area (Å²) in [5.41, 5.74) is 4.45. The fraction of sp³-hybridized carbons (Fsp3) is 0.280. The second-order valence-electron chi connectivity index (χ2n) is 7.69. The number of thiophene rings is 1. The molecule has 0 bridgehead atoms. The van der Waals surface area contributed by atoms with Crippen LogP contribution in [0, 0.1) is 6.92 Å². The van der Waals surface area contributed by atoms with Gasteiger partial charge in [0.2, 0.25) is 0 Å². The molecule has 6 heteroatoms. The zero-order valence-corrected chi connectivity index (χ0v) is 18.6. The van der Waals surface area contributed by atoms with Gasteiger partial charge in [0.15, 0.2) is 0 Å². The molecule has 1 N–H and O–H groups in total. The minimum absolute atomic E-state index is 0.217. The van der Waals surface area contributed by atoms with Crippen LogP contribution in [-0.4, -0.2) is 29.9 Å². The highest BCUT2D eigenvalue weighted by atomic mass is 32.1. The summed E-state index contributed by atoms with van der Waals surface area (Å²) in [4.78, 5) is 29.0. The standard InChI is InChI=1S/C25H26N2O3S/c1-3-30-25(29)22-20-13-14-27(15-18-7-5-4-6-8-18)16-21(20)31-24(22)26-23(28)19-11-9-17(2)10-12-19/h4-12H,3,13-16H2,1-2H3,(H,26,28). The quantitative estimate of drug-likeness (QED) is 0.552. The van der Waals surface area contributed by atoms with E-state index in [1.807, 2.05) is 37.3 Å². The first-order valence-electron chi connectivity index (χ1n) is 10.5. The van der Waals surface area contributed by atoms with E-state index in [9.17, 15) is 9.59 Å². The molecule has 4 rings (SSSR count). The van der Waals surface area contributed by atoms with Crippen molar-refractivity contribution < 1.29 is 14.3 Å². The molecular formula is C25H26N2O3S. The van der Waals surface area contributed by atoms with E-state index >= 15 is 0 Å². The topological polar surface area (TPSA) is 58.6 Å². The van der Waals surface area contributed by atoms with Crippen LogP contribution in [-0.2, 0) is 24.2 Å². The third kappa shape index (κ3) is 4.86. The molecule has 5 nitrogen and oxygen atoms in total. The summed E-state index contributed by atoms with van der Waals surface area (Å²) in [6.45, 7) is 6.54. The van der Waals surface area contributed by atoms with Gasteiger partial charge in [-0.05, 0) is 43.5 Å². The van der Waals surface area contributed by atoms with Crippen LogP contribution in [0.1, 0.15) is 49.2 Å². The molecule has 0 radical (unpaired) electrons. The van der Waals surface area contributed by atoms with E-state index in [1.165, 1.54) is 16.9 Å². The Labute approximate surface area is 186 Å². The van der Waals surface area contributed by atoms with Crippen molar-refractivity contribution in [3.63, 3.8) is 0 Å². The summed E-state index contributed by atoms with van der Waals surface area (Å²) < 4.78 is 5.32. The number of amides is 1. The van der Waals surface area contributed by atoms with E-state index in [0.29, 0.717) is 22.7 Å². The molecule has 0 unspecified atom stereocenters. The highest BCUT2D eigenvalue weighted by Crippen LogP contribution is 2.38. The Morgan fingerprint density at radius 1 is 1.10 bits per heavy atom. The van der Waals surface area contributed by atoms with Crippen LogP contribution >= 0.6 is 11.3 Å². The number of rotatable bonds is 6. The number of hydrogen-bond donors (Lipinski definition) is 1. The zero-order valence-electron chi connectivity index (χ0n) is 17.8. The molecule has 0 atom stereocenters. The number of fused-ring (bicyclic) bond motifs is 1. The predicted molar refractivity (Wildman–Crippen MR) is 124 cm³/mol. The molecule has 160 valence electrons. The number of carbonyl (C=O) groups is 2. The van der Waals surface area contributed by atoms with Gasteiger partial charge in [0, 0.05) is 30.1 Å². The molecular weight excluding hydrogens is 408 g/mol. The minimum Gasteiger partial charge on any atom is -0.462 e. The van der Waals surface area contributed by atoms with Crippen molar-refractivity contribution >= 4 is 28.2 Å². The number of anilines is 1.